The smallest absolute Gasteiger partial charge is 0.376 e. The van der Waals surface area contributed by atoms with Gasteiger partial charge in [0.2, 0.25) is 5.82 Å². The molecule has 2 aromatic carbocycles. The third kappa shape index (κ3) is 4.42. The first-order valence-electron chi connectivity index (χ1n) is 11.6. The van der Waals surface area contributed by atoms with Gasteiger partial charge in [0.15, 0.2) is 5.65 Å². The number of esters is 1. The van der Waals surface area contributed by atoms with Crippen LogP contribution in [0.2, 0.25) is 5.02 Å². The summed E-state index contributed by atoms with van der Waals surface area (Å²) in [5, 5.41) is 0.724. The van der Waals surface area contributed by atoms with Gasteiger partial charge >= 0.3 is 5.97 Å². The van der Waals surface area contributed by atoms with Gasteiger partial charge in [-0.25, -0.2) is 19.7 Å². The number of rotatable bonds is 7. The van der Waals surface area contributed by atoms with Gasteiger partial charge in [-0.05, 0) is 55.9 Å². The van der Waals surface area contributed by atoms with E-state index in [0.29, 0.717) is 18.1 Å². The maximum Gasteiger partial charge on any atom is 0.376 e. The maximum atomic E-state index is 12.4. The standard InChI is InChI=1S/C27H27ClN4O2/c1-16-5-4-6-20(15-16)26-31-24-23(32(26)14-13-18-7-11-21(28)12-8-18)22(17(2)19-9-10-19)29-25(30-24)27(33)34-3/h4-8,11-12,15,17,19H,9-10,13-14H2,1-3H3/t17-/m1/s1. The predicted molar refractivity (Wildman–Crippen MR) is 133 cm³/mol. The molecule has 0 radical (unpaired) electrons. The molecule has 0 amide bonds. The fourth-order valence-electron chi connectivity index (χ4n) is 4.50. The van der Waals surface area contributed by atoms with Crippen molar-refractivity contribution in [3.05, 3.63) is 76.2 Å². The summed E-state index contributed by atoms with van der Waals surface area (Å²) >= 11 is 6.08. The molecule has 0 spiro atoms. The normalized spacial score (nSPS) is 14.4. The lowest BCUT2D eigenvalue weighted by Gasteiger charge is -2.16. The molecule has 1 saturated carbocycles. The third-order valence-corrected chi connectivity index (χ3v) is 6.82. The summed E-state index contributed by atoms with van der Waals surface area (Å²) in [7, 11) is 1.35. The fraction of sp³-hybridized carbons (Fsp3) is 0.333. The Morgan fingerprint density at radius 3 is 2.59 bits per heavy atom. The highest BCUT2D eigenvalue weighted by Gasteiger charge is 2.33. The molecule has 0 bridgehead atoms. The number of hydrogen-bond donors (Lipinski definition) is 0. The largest absolute Gasteiger partial charge is 0.463 e. The minimum absolute atomic E-state index is 0.0654. The molecule has 174 valence electrons. The highest BCUT2D eigenvalue weighted by Crippen LogP contribution is 2.43. The van der Waals surface area contributed by atoms with Crippen LogP contribution in [0.1, 0.15) is 53.1 Å². The van der Waals surface area contributed by atoms with E-state index in [2.05, 4.69) is 41.6 Å². The molecule has 1 aliphatic carbocycles. The minimum atomic E-state index is -0.543. The molecule has 34 heavy (non-hydrogen) atoms. The first kappa shape index (κ1) is 22.5. The Morgan fingerprint density at radius 1 is 1.15 bits per heavy atom. The number of carbonyl (C=O) groups is 1. The van der Waals surface area contributed by atoms with Crippen molar-refractivity contribution >= 4 is 28.7 Å². The second kappa shape index (κ2) is 9.18. The van der Waals surface area contributed by atoms with Crippen molar-refractivity contribution in [2.45, 2.75) is 45.6 Å². The highest BCUT2D eigenvalue weighted by molar-refractivity contribution is 6.30. The van der Waals surface area contributed by atoms with Gasteiger partial charge in [-0.15, -0.1) is 0 Å². The van der Waals surface area contributed by atoms with Gasteiger partial charge in [0.25, 0.3) is 0 Å². The van der Waals surface area contributed by atoms with E-state index in [1.807, 2.05) is 30.3 Å². The Bertz CT molecular complexity index is 1360. The van der Waals surface area contributed by atoms with Gasteiger partial charge in [0.05, 0.1) is 12.8 Å². The lowest BCUT2D eigenvalue weighted by Crippen LogP contribution is -2.14. The quantitative estimate of drug-likeness (QED) is 0.307. The van der Waals surface area contributed by atoms with Crippen LogP contribution >= 0.6 is 11.6 Å². The summed E-state index contributed by atoms with van der Waals surface area (Å²) in [6, 6.07) is 16.2. The fourth-order valence-corrected chi connectivity index (χ4v) is 4.62. The van der Waals surface area contributed by atoms with E-state index in [4.69, 9.17) is 26.3 Å². The van der Waals surface area contributed by atoms with Crippen molar-refractivity contribution in [1.82, 2.24) is 19.5 Å². The van der Waals surface area contributed by atoms with Crippen LogP contribution in [0.4, 0.5) is 0 Å². The van der Waals surface area contributed by atoms with Crippen molar-refractivity contribution in [1.29, 1.82) is 0 Å². The number of aromatic nitrogens is 4. The Hall–Kier alpha value is -3.25. The summed E-state index contributed by atoms with van der Waals surface area (Å²) in [5.41, 5.74) is 5.66. The summed E-state index contributed by atoms with van der Waals surface area (Å²) in [6.45, 7) is 4.95. The molecule has 6 nitrogen and oxygen atoms in total. The number of carbonyl (C=O) groups excluding carboxylic acids is 1. The zero-order valence-electron chi connectivity index (χ0n) is 19.6. The summed E-state index contributed by atoms with van der Waals surface area (Å²) in [5.74, 6) is 1.11. The zero-order valence-corrected chi connectivity index (χ0v) is 20.3. The number of halogens is 1. The average molecular weight is 475 g/mol. The van der Waals surface area contributed by atoms with Crippen LogP contribution in [-0.4, -0.2) is 32.6 Å². The zero-order chi connectivity index (χ0) is 23.8. The first-order chi connectivity index (χ1) is 16.4. The molecule has 7 heteroatoms. The molecule has 1 aliphatic rings. The van der Waals surface area contributed by atoms with E-state index in [9.17, 15) is 4.79 Å². The monoisotopic (exact) mass is 474 g/mol. The Labute approximate surface area is 204 Å². The number of aryl methyl sites for hydroxylation is 3. The van der Waals surface area contributed by atoms with Crippen molar-refractivity contribution in [2.75, 3.05) is 7.11 Å². The van der Waals surface area contributed by atoms with Crippen LogP contribution in [0.15, 0.2) is 48.5 Å². The van der Waals surface area contributed by atoms with E-state index in [-0.39, 0.29) is 11.7 Å². The number of benzene rings is 2. The topological polar surface area (TPSA) is 69.9 Å². The molecule has 2 heterocycles. The van der Waals surface area contributed by atoms with Crippen LogP contribution in [-0.2, 0) is 17.7 Å². The molecule has 0 aliphatic heterocycles. The molecule has 2 aromatic heterocycles. The number of imidazole rings is 1. The maximum absolute atomic E-state index is 12.4. The van der Waals surface area contributed by atoms with E-state index in [1.54, 1.807) is 0 Å². The van der Waals surface area contributed by atoms with Crippen LogP contribution < -0.4 is 0 Å². The van der Waals surface area contributed by atoms with Gasteiger partial charge in [-0.1, -0.05) is 54.4 Å². The number of hydrogen-bond acceptors (Lipinski definition) is 5. The number of fused-ring (bicyclic) bond motifs is 1. The second-order valence-corrected chi connectivity index (χ2v) is 9.49. The van der Waals surface area contributed by atoms with Crippen LogP contribution in [0.3, 0.4) is 0 Å². The molecule has 1 fully saturated rings. The van der Waals surface area contributed by atoms with Gasteiger partial charge in [0.1, 0.15) is 11.3 Å². The van der Waals surface area contributed by atoms with Crippen molar-refractivity contribution in [2.24, 2.45) is 5.92 Å². The number of methoxy groups -OCH3 is 1. The lowest BCUT2D eigenvalue weighted by molar-refractivity contribution is 0.0586. The summed E-state index contributed by atoms with van der Waals surface area (Å²) in [4.78, 5) is 26.6. The molecule has 0 saturated heterocycles. The van der Waals surface area contributed by atoms with Gasteiger partial charge in [0, 0.05) is 23.0 Å². The van der Waals surface area contributed by atoms with Crippen LogP contribution in [0.25, 0.3) is 22.6 Å². The lowest BCUT2D eigenvalue weighted by atomic mass is 10.0. The third-order valence-electron chi connectivity index (χ3n) is 6.57. The summed E-state index contributed by atoms with van der Waals surface area (Å²) in [6.07, 6.45) is 3.14. The van der Waals surface area contributed by atoms with Gasteiger partial charge < -0.3 is 9.30 Å². The Balaban J connectivity index is 1.69. The Kier molecular flexibility index (Phi) is 6.09. The molecule has 1 atom stereocenters. The van der Waals surface area contributed by atoms with Crippen LogP contribution in [0.5, 0.6) is 0 Å². The molecule has 0 N–H and O–H groups in total. The van der Waals surface area contributed by atoms with Crippen LogP contribution in [0, 0.1) is 12.8 Å². The van der Waals surface area contributed by atoms with Gasteiger partial charge in [-0.2, -0.15) is 0 Å². The second-order valence-electron chi connectivity index (χ2n) is 9.06. The number of ether oxygens (including phenoxy) is 1. The molecule has 5 rings (SSSR count). The molecular weight excluding hydrogens is 448 g/mol. The molecule has 4 aromatic rings. The predicted octanol–water partition coefficient (Wildman–Crippen LogP) is 6.00. The van der Waals surface area contributed by atoms with E-state index < -0.39 is 5.97 Å². The molecular formula is C27H27ClN4O2. The summed E-state index contributed by atoms with van der Waals surface area (Å²) < 4.78 is 7.16. The van der Waals surface area contributed by atoms with E-state index >= 15 is 0 Å². The van der Waals surface area contributed by atoms with Crippen molar-refractivity contribution in [3.8, 4) is 11.4 Å². The Morgan fingerprint density at radius 2 is 1.91 bits per heavy atom. The minimum Gasteiger partial charge on any atom is -0.463 e. The van der Waals surface area contributed by atoms with Crippen molar-refractivity contribution < 1.29 is 9.53 Å². The highest BCUT2D eigenvalue weighted by atomic mass is 35.5. The van der Waals surface area contributed by atoms with Crippen molar-refractivity contribution in [3.63, 3.8) is 0 Å². The number of nitrogens with zero attached hydrogens (tertiary/aromatic N) is 4. The van der Waals surface area contributed by atoms with E-state index in [0.717, 1.165) is 39.6 Å². The average Bonchev–Trinajstić information content (AvgIpc) is 3.63. The van der Waals surface area contributed by atoms with Gasteiger partial charge in [-0.3, -0.25) is 0 Å². The van der Waals surface area contributed by atoms with E-state index in [1.165, 1.54) is 25.5 Å². The first-order valence-corrected chi connectivity index (χ1v) is 12.0. The SMILES string of the molecule is COC(=O)c1nc([C@H](C)C2CC2)c2c(n1)nc(-c1cccc(C)c1)n2CCc1ccc(Cl)cc1. The molecule has 0 unspecified atom stereocenters.